The Balaban J connectivity index is 1.23. The van der Waals surface area contributed by atoms with Crippen LogP contribution in [0.15, 0.2) is 78.4 Å². The summed E-state index contributed by atoms with van der Waals surface area (Å²) in [5, 5.41) is 13.3. The minimum atomic E-state index is -4.53. The quantitative estimate of drug-likeness (QED) is 0.508. The molecule has 0 spiro atoms. The Kier molecular flexibility index (Phi) is 7.15. The highest BCUT2D eigenvalue weighted by Crippen LogP contribution is 2.39. The molecule has 2 atom stereocenters. The first-order chi connectivity index (χ1) is 18.5. The highest BCUT2D eigenvalue weighted by molar-refractivity contribution is 5.77. The van der Waals surface area contributed by atoms with E-state index in [1.165, 1.54) is 17.0 Å². The molecule has 1 aromatic carbocycles. The first kappa shape index (κ1) is 27.1. The summed E-state index contributed by atoms with van der Waals surface area (Å²) in [6.45, 7) is 1.15. The second-order valence-electron chi connectivity index (χ2n) is 10.9. The molecule has 0 saturated carbocycles. The molecule has 39 heavy (non-hydrogen) atoms. The number of amides is 1. The van der Waals surface area contributed by atoms with E-state index in [4.69, 9.17) is 5.73 Å². The van der Waals surface area contributed by atoms with Crippen LogP contribution in [-0.4, -0.2) is 81.5 Å². The molecule has 1 saturated heterocycles. The van der Waals surface area contributed by atoms with Crippen LogP contribution in [-0.2, 0) is 4.79 Å². The van der Waals surface area contributed by atoms with Crippen molar-refractivity contribution in [1.29, 1.82) is 0 Å². The van der Waals surface area contributed by atoms with Crippen LogP contribution in [0.3, 0.4) is 0 Å². The Bertz CT molecular complexity index is 1190. The van der Waals surface area contributed by atoms with Gasteiger partial charge >= 0.3 is 6.18 Å². The van der Waals surface area contributed by atoms with Gasteiger partial charge in [-0.3, -0.25) is 15.2 Å². The largest absolute Gasteiger partial charge is 0.396 e. The van der Waals surface area contributed by atoms with Crippen LogP contribution in [0.25, 0.3) is 0 Å². The molecule has 8 nitrogen and oxygen atoms in total. The van der Waals surface area contributed by atoms with Crippen molar-refractivity contribution < 1.29 is 23.1 Å². The van der Waals surface area contributed by atoms with Gasteiger partial charge in [0.1, 0.15) is 5.66 Å². The lowest BCUT2D eigenvalue weighted by Gasteiger charge is -2.48. The number of fused-ring (bicyclic) bond motifs is 1. The van der Waals surface area contributed by atoms with Crippen LogP contribution >= 0.6 is 0 Å². The van der Waals surface area contributed by atoms with Crippen LogP contribution < -0.4 is 11.2 Å². The maximum Gasteiger partial charge on any atom is 0.396 e. The zero-order valence-electron chi connectivity index (χ0n) is 21.9. The van der Waals surface area contributed by atoms with E-state index >= 15 is 0 Å². The number of halogens is 3. The van der Waals surface area contributed by atoms with Crippen LogP contribution in [0.1, 0.15) is 37.2 Å². The van der Waals surface area contributed by atoms with E-state index < -0.39 is 35.7 Å². The van der Waals surface area contributed by atoms with Crippen LogP contribution in [0.4, 0.5) is 13.2 Å². The molecule has 0 aromatic heterocycles. The van der Waals surface area contributed by atoms with E-state index in [0.29, 0.717) is 19.6 Å². The first-order valence-corrected chi connectivity index (χ1v) is 13.2. The van der Waals surface area contributed by atoms with Crippen molar-refractivity contribution >= 4 is 5.91 Å². The van der Waals surface area contributed by atoms with Gasteiger partial charge < -0.3 is 25.5 Å². The van der Waals surface area contributed by atoms with Gasteiger partial charge in [0.25, 0.3) is 0 Å². The fraction of sp³-hybridized carbons (Fsp3) is 0.464. The zero-order valence-corrected chi connectivity index (χ0v) is 21.9. The van der Waals surface area contributed by atoms with Crippen LogP contribution in [0.2, 0.25) is 0 Å². The number of likely N-dealkylation sites (tertiary alicyclic amines) is 1. The van der Waals surface area contributed by atoms with Gasteiger partial charge in [-0.1, -0.05) is 48.6 Å². The number of carbonyl (C=O) groups excluding carboxylic acids is 1. The molecule has 1 aliphatic carbocycles. The maximum atomic E-state index is 13.8. The summed E-state index contributed by atoms with van der Waals surface area (Å²) >= 11 is 0. The number of piperidine rings is 1. The molecule has 1 amide bonds. The summed E-state index contributed by atoms with van der Waals surface area (Å²) in [4.78, 5) is 18.5. The Labute approximate surface area is 226 Å². The average Bonchev–Trinajstić information content (AvgIpc) is 3.27. The third-order valence-corrected chi connectivity index (χ3v) is 7.91. The number of nitrogens with two attached hydrogens (primary N) is 1. The fourth-order valence-corrected chi connectivity index (χ4v) is 5.72. The number of rotatable bonds is 6. The lowest BCUT2D eigenvalue weighted by molar-refractivity contribution is -0.162. The monoisotopic (exact) mass is 544 g/mol. The number of aliphatic hydroxyl groups is 1. The smallest absolute Gasteiger partial charge is 0.388 e. The summed E-state index contributed by atoms with van der Waals surface area (Å²) in [6.07, 6.45) is 7.83. The van der Waals surface area contributed by atoms with Gasteiger partial charge in [-0.05, 0) is 24.5 Å². The van der Waals surface area contributed by atoms with Gasteiger partial charge in [-0.25, -0.2) is 0 Å². The fourth-order valence-electron chi connectivity index (χ4n) is 5.72. The second kappa shape index (κ2) is 10.3. The zero-order chi connectivity index (χ0) is 27.8. The van der Waals surface area contributed by atoms with Crippen molar-refractivity contribution in [3.05, 3.63) is 84.0 Å². The topological polar surface area (TPSA) is 88.3 Å². The molecule has 3 heterocycles. The molecular weight excluding hydrogens is 509 g/mol. The molecule has 0 radical (unpaired) electrons. The van der Waals surface area contributed by atoms with Gasteiger partial charge in [0, 0.05) is 51.9 Å². The second-order valence-corrected chi connectivity index (χ2v) is 10.9. The summed E-state index contributed by atoms with van der Waals surface area (Å²) in [6, 6.07) is 7.54. The van der Waals surface area contributed by atoms with Gasteiger partial charge in [-0.2, -0.15) is 13.2 Å². The van der Waals surface area contributed by atoms with Gasteiger partial charge in [0.2, 0.25) is 5.91 Å². The molecule has 4 aliphatic rings. The minimum Gasteiger partial charge on any atom is -0.388 e. The van der Waals surface area contributed by atoms with Crippen LogP contribution in [0, 0.1) is 0 Å². The van der Waals surface area contributed by atoms with Crippen molar-refractivity contribution in [2.24, 2.45) is 5.73 Å². The van der Waals surface area contributed by atoms with Gasteiger partial charge in [-0.15, -0.1) is 0 Å². The van der Waals surface area contributed by atoms with E-state index in [1.54, 1.807) is 18.2 Å². The first-order valence-electron chi connectivity index (χ1n) is 13.2. The summed E-state index contributed by atoms with van der Waals surface area (Å²) in [7, 11) is 1.90. The number of hydrogen-bond acceptors (Lipinski definition) is 7. The molecular formula is C28H35F3N6O2. The lowest BCUT2D eigenvalue weighted by atomic mass is 9.89. The Morgan fingerprint density at radius 2 is 1.87 bits per heavy atom. The van der Waals surface area contributed by atoms with Gasteiger partial charge in [0.05, 0.1) is 29.6 Å². The number of nitrogens with zero attached hydrogens (tertiary/aromatic N) is 4. The predicted octanol–water partition coefficient (Wildman–Crippen LogP) is 2.96. The number of benzene rings is 1. The molecule has 0 unspecified atom stereocenters. The number of alkyl halides is 3. The molecule has 1 fully saturated rings. The Morgan fingerprint density at radius 3 is 2.51 bits per heavy atom. The molecule has 5 rings (SSSR count). The van der Waals surface area contributed by atoms with Crippen molar-refractivity contribution in [3.63, 3.8) is 0 Å². The highest BCUT2D eigenvalue weighted by Gasteiger charge is 2.44. The highest BCUT2D eigenvalue weighted by atomic mass is 19.4. The molecule has 0 bridgehead atoms. The van der Waals surface area contributed by atoms with Crippen molar-refractivity contribution in [3.8, 4) is 0 Å². The van der Waals surface area contributed by atoms with E-state index in [0.717, 1.165) is 11.4 Å². The third kappa shape index (κ3) is 5.79. The maximum absolute atomic E-state index is 13.8. The standard InChI is InChI=1S/C28H35F3N6O2/c1-34-18-24-23(33-34)17-35(20-37(24)27(32)10-6-3-7-11-27)19-26(39)12-14-36(15-13-26)25(38)16-22(28(29,30)31)21-8-4-2-5-9-21/h2-10,17-18,22,33,39H,11-16,19-20,32H2,1H3/t22-,27-/m1/s1. The van der Waals surface area contributed by atoms with Crippen molar-refractivity contribution in [2.45, 2.75) is 49.0 Å². The molecule has 210 valence electrons. The number of nitrogens with one attached hydrogen (secondary N) is 1. The number of hydrogen-bond donors (Lipinski definition) is 3. The molecule has 3 aliphatic heterocycles. The Hall–Kier alpha value is -3.44. The Morgan fingerprint density at radius 1 is 1.15 bits per heavy atom. The molecule has 4 N–H and O–H groups in total. The normalized spacial score (nSPS) is 25.2. The number of carbonyl (C=O) groups is 1. The van der Waals surface area contributed by atoms with Crippen molar-refractivity contribution in [2.75, 3.05) is 33.4 Å². The van der Waals surface area contributed by atoms with Crippen LogP contribution in [0.5, 0.6) is 0 Å². The summed E-state index contributed by atoms with van der Waals surface area (Å²) < 4.78 is 41.3. The van der Waals surface area contributed by atoms with E-state index in [-0.39, 0.29) is 31.5 Å². The average molecular weight is 545 g/mol. The minimum absolute atomic E-state index is 0.0788. The van der Waals surface area contributed by atoms with E-state index in [9.17, 15) is 23.1 Å². The lowest BCUT2D eigenvalue weighted by Crippen LogP contribution is -2.60. The number of β-amino-alcohol motifs (C(OH)–C–C–N with tert-alkyl or cyclic N) is 1. The predicted molar refractivity (Wildman–Crippen MR) is 141 cm³/mol. The van der Waals surface area contributed by atoms with E-state index in [2.05, 4.69) is 10.3 Å². The molecule has 1 aromatic rings. The third-order valence-electron chi connectivity index (χ3n) is 7.91. The summed E-state index contributed by atoms with van der Waals surface area (Å²) in [5.41, 5.74) is 10.2. The van der Waals surface area contributed by atoms with E-state index in [1.807, 2.05) is 53.7 Å². The number of hydrazine groups is 1. The number of allylic oxidation sites excluding steroid dienone is 2. The van der Waals surface area contributed by atoms with Gasteiger partial charge in [0.15, 0.2) is 0 Å². The summed E-state index contributed by atoms with van der Waals surface area (Å²) in [5.74, 6) is -2.41. The van der Waals surface area contributed by atoms with Crippen molar-refractivity contribution in [1.82, 2.24) is 25.1 Å². The SMILES string of the molecule is CN1C=C2C(=CN(CC3(O)CCN(C(=O)C[C@H](c4ccccc4)C(F)(F)F)CC3)CN2[C@]2(N)C=CC=CC2)N1. The molecule has 11 heteroatoms.